The zero-order chi connectivity index (χ0) is 14.9. The number of hydrogen-bond donors (Lipinski definition) is 1. The van der Waals surface area contributed by atoms with Gasteiger partial charge in [-0.25, -0.2) is 0 Å². The van der Waals surface area contributed by atoms with Gasteiger partial charge in [0.2, 0.25) is 0 Å². The molecule has 0 atom stereocenters. The van der Waals surface area contributed by atoms with Gasteiger partial charge in [0.1, 0.15) is 6.61 Å². The largest absolute Gasteiger partial charge is 0.394 e. The monoisotopic (exact) mass is 322 g/mol. The van der Waals surface area contributed by atoms with Gasteiger partial charge in [-0.15, -0.1) is 12.4 Å². The summed E-state index contributed by atoms with van der Waals surface area (Å²) in [6, 6.07) is 10.9. The Hall–Kier alpha value is -1.32. The Kier molecular flexibility index (Phi) is 8.86. The molecule has 0 aromatic heterocycles. The fourth-order valence-corrected chi connectivity index (χ4v) is 2.44. The molecule has 1 saturated carbocycles. The predicted molar refractivity (Wildman–Crippen MR) is 96.7 cm³/mol. The summed E-state index contributed by atoms with van der Waals surface area (Å²) >= 11 is 0. The molecule has 0 bridgehead atoms. The molecule has 22 heavy (non-hydrogen) atoms. The van der Waals surface area contributed by atoms with Gasteiger partial charge in [0.05, 0.1) is 5.71 Å². The van der Waals surface area contributed by atoms with Crippen LogP contribution in [-0.2, 0) is 4.84 Å². The number of allylic oxidation sites excluding steroid dienone is 1. The summed E-state index contributed by atoms with van der Waals surface area (Å²) in [5, 5.41) is 7.69. The van der Waals surface area contributed by atoms with Gasteiger partial charge in [0.25, 0.3) is 0 Å². The molecule has 0 saturated heterocycles. The lowest BCUT2D eigenvalue weighted by molar-refractivity contribution is 0.143. The number of benzene rings is 1. The van der Waals surface area contributed by atoms with Crippen LogP contribution in [0.4, 0.5) is 0 Å². The van der Waals surface area contributed by atoms with Crippen LogP contribution in [0, 0.1) is 0 Å². The molecule has 0 amide bonds. The van der Waals surface area contributed by atoms with Crippen LogP contribution in [0.1, 0.15) is 45.1 Å². The molecule has 1 fully saturated rings. The van der Waals surface area contributed by atoms with E-state index in [1.54, 1.807) is 0 Å². The number of halogens is 1. The normalized spacial score (nSPS) is 18.5. The second-order valence-electron chi connectivity index (χ2n) is 5.77. The SMILES string of the molecule is CC(C)NCCO/N=C1/CCCC/C1=C\c1ccccc1.Cl. The summed E-state index contributed by atoms with van der Waals surface area (Å²) in [6.45, 7) is 5.73. The van der Waals surface area contributed by atoms with Crippen LogP contribution >= 0.6 is 12.4 Å². The van der Waals surface area contributed by atoms with E-state index >= 15 is 0 Å². The first kappa shape index (κ1) is 18.7. The Labute approximate surface area is 140 Å². The molecule has 2 rings (SSSR count). The van der Waals surface area contributed by atoms with Crippen LogP contribution < -0.4 is 5.32 Å². The second kappa shape index (κ2) is 10.4. The van der Waals surface area contributed by atoms with Gasteiger partial charge in [-0.3, -0.25) is 0 Å². The molecule has 0 spiro atoms. The zero-order valence-corrected chi connectivity index (χ0v) is 14.4. The van der Waals surface area contributed by atoms with Gasteiger partial charge in [0, 0.05) is 12.6 Å². The van der Waals surface area contributed by atoms with Crippen molar-refractivity contribution in [3.63, 3.8) is 0 Å². The van der Waals surface area contributed by atoms with Gasteiger partial charge in [0.15, 0.2) is 0 Å². The van der Waals surface area contributed by atoms with Gasteiger partial charge in [-0.05, 0) is 42.9 Å². The summed E-state index contributed by atoms with van der Waals surface area (Å²) < 4.78 is 0. The van der Waals surface area contributed by atoms with Crippen LogP contribution in [0.2, 0.25) is 0 Å². The molecular formula is C18H27ClN2O. The minimum absolute atomic E-state index is 0. The molecule has 0 aliphatic heterocycles. The van der Waals surface area contributed by atoms with E-state index in [-0.39, 0.29) is 12.4 Å². The minimum Gasteiger partial charge on any atom is -0.394 e. The first-order valence-electron chi connectivity index (χ1n) is 7.94. The standard InChI is InChI=1S/C18H26N2O.ClH/c1-15(2)19-12-13-21-20-18-11-7-6-10-17(18)14-16-8-4-3-5-9-16;/h3-5,8-9,14-15,19H,6-7,10-13H2,1-2H3;1H/b17-14+,20-18-;. The van der Waals surface area contributed by atoms with Crippen molar-refractivity contribution in [2.75, 3.05) is 13.2 Å². The number of oxime groups is 1. The third-order valence-electron chi connectivity index (χ3n) is 3.54. The van der Waals surface area contributed by atoms with Crippen molar-refractivity contribution in [3.8, 4) is 0 Å². The van der Waals surface area contributed by atoms with Crippen LogP contribution in [0.15, 0.2) is 41.1 Å². The number of nitrogens with zero attached hydrogens (tertiary/aromatic N) is 1. The van der Waals surface area contributed by atoms with Crippen molar-refractivity contribution in [3.05, 3.63) is 41.5 Å². The maximum Gasteiger partial charge on any atom is 0.129 e. The smallest absolute Gasteiger partial charge is 0.129 e. The summed E-state index contributed by atoms with van der Waals surface area (Å²) in [5.74, 6) is 0. The molecule has 0 radical (unpaired) electrons. The first-order chi connectivity index (χ1) is 10.3. The highest BCUT2D eigenvalue weighted by molar-refractivity contribution is 6.03. The Balaban J connectivity index is 0.00000242. The maximum absolute atomic E-state index is 5.48. The number of hydrogen-bond acceptors (Lipinski definition) is 3. The fraction of sp³-hybridized carbons (Fsp3) is 0.500. The van der Waals surface area contributed by atoms with Gasteiger partial charge in [-0.1, -0.05) is 49.3 Å². The van der Waals surface area contributed by atoms with E-state index in [1.807, 2.05) is 6.07 Å². The van der Waals surface area contributed by atoms with Crippen LogP contribution in [0.3, 0.4) is 0 Å². The summed E-state index contributed by atoms with van der Waals surface area (Å²) in [7, 11) is 0. The van der Waals surface area contributed by atoms with Crippen molar-refractivity contribution < 1.29 is 4.84 Å². The molecule has 0 unspecified atom stereocenters. The van der Waals surface area contributed by atoms with Crippen molar-refractivity contribution >= 4 is 24.2 Å². The summed E-state index contributed by atoms with van der Waals surface area (Å²) in [5.41, 5.74) is 3.68. The van der Waals surface area contributed by atoms with Crippen molar-refractivity contribution in [1.82, 2.24) is 5.32 Å². The Morgan fingerprint density at radius 1 is 1.18 bits per heavy atom. The van der Waals surface area contributed by atoms with Crippen molar-refractivity contribution in [2.45, 2.75) is 45.6 Å². The predicted octanol–water partition coefficient (Wildman–Crippen LogP) is 4.44. The maximum atomic E-state index is 5.48. The van der Waals surface area contributed by atoms with Gasteiger partial charge >= 0.3 is 0 Å². The zero-order valence-electron chi connectivity index (χ0n) is 13.5. The minimum atomic E-state index is 0. The molecule has 1 aliphatic rings. The third kappa shape index (κ3) is 6.63. The quantitative estimate of drug-likeness (QED) is 0.620. The molecule has 1 aromatic rings. The molecule has 122 valence electrons. The second-order valence-corrected chi connectivity index (χ2v) is 5.77. The lowest BCUT2D eigenvalue weighted by Crippen LogP contribution is -2.26. The lowest BCUT2D eigenvalue weighted by Gasteiger charge is -2.16. The summed E-state index contributed by atoms with van der Waals surface area (Å²) in [6.07, 6.45) is 6.82. The van der Waals surface area contributed by atoms with E-state index < -0.39 is 0 Å². The van der Waals surface area contributed by atoms with Gasteiger partial charge < -0.3 is 10.2 Å². The molecule has 0 heterocycles. The molecule has 1 aromatic carbocycles. The lowest BCUT2D eigenvalue weighted by atomic mass is 9.91. The molecule has 1 N–H and O–H groups in total. The molecule has 3 nitrogen and oxygen atoms in total. The first-order valence-corrected chi connectivity index (χ1v) is 7.94. The highest BCUT2D eigenvalue weighted by Gasteiger charge is 2.14. The van der Waals surface area contributed by atoms with E-state index in [9.17, 15) is 0 Å². The topological polar surface area (TPSA) is 33.6 Å². The van der Waals surface area contributed by atoms with E-state index in [0.29, 0.717) is 12.6 Å². The molecule has 4 heteroatoms. The number of rotatable bonds is 6. The van der Waals surface area contributed by atoms with Gasteiger partial charge in [-0.2, -0.15) is 0 Å². The molecule has 1 aliphatic carbocycles. The van der Waals surface area contributed by atoms with E-state index in [4.69, 9.17) is 4.84 Å². The van der Waals surface area contributed by atoms with Crippen LogP contribution in [0.25, 0.3) is 6.08 Å². The van der Waals surface area contributed by atoms with Crippen LogP contribution in [0.5, 0.6) is 0 Å². The average molecular weight is 323 g/mol. The highest BCUT2D eigenvalue weighted by atomic mass is 35.5. The molecular weight excluding hydrogens is 296 g/mol. The van der Waals surface area contributed by atoms with Crippen LogP contribution in [-0.4, -0.2) is 24.9 Å². The average Bonchev–Trinajstić information content (AvgIpc) is 2.49. The van der Waals surface area contributed by atoms with E-state index in [0.717, 1.165) is 25.1 Å². The Bertz CT molecular complexity index is 483. The Morgan fingerprint density at radius 2 is 1.91 bits per heavy atom. The third-order valence-corrected chi connectivity index (χ3v) is 3.54. The van der Waals surface area contributed by atoms with E-state index in [2.05, 4.69) is 54.7 Å². The summed E-state index contributed by atoms with van der Waals surface area (Å²) in [4.78, 5) is 5.48. The van der Waals surface area contributed by atoms with E-state index in [1.165, 1.54) is 24.0 Å². The fourth-order valence-electron chi connectivity index (χ4n) is 2.44. The van der Waals surface area contributed by atoms with Crippen molar-refractivity contribution in [2.24, 2.45) is 5.16 Å². The number of nitrogens with one attached hydrogen (secondary N) is 1. The Morgan fingerprint density at radius 3 is 2.64 bits per heavy atom. The van der Waals surface area contributed by atoms with Crippen molar-refractivity contribution in [1.29, 1.82) is 0 Å². The highest BCUT2D eigenvalue weighted by Crippen LogP contribution is 2.23.